The molecule has 73 valence electrons. The summed E-state index contributed by atoms with van der Waals surface area (Å²) < 4.78 is 0. The number of non-ortho nitro benzene ring substituents is 1. The molecule has 0 aliphatic heterocycles. The van der Waals surface area contributed by atoms with E-state index in [1.165, 1.54) is 12.1 Å². The lowest BCUT2D eigenvalue weighted by Gasteiger charge is -1.99. The fourth-order valence-corrected chi connectivity index (χ4v) is 1.48. The third-order valence-corrected chi connectivity index (χ3v) is 2.17. The van der Waals surface area contributed by atoms with Crippen molar-refractivity contribution in [3.8, 4) is 0 Å². The molecule has 0 heterocycles. The fourth-order valence-electron chi connectivity index (χ4n) is 1.48. The molecule has 0 spiro atoms. The molecule has 0 amide bonds. The van der Waals surface area contributed by atoms with E-state index in [9.17, 15) is 14.9 Å². The number of nitrogens with zero attached hydrogens (tertiary/aromatic N) is 1. The molecule has 0 atom stereocenters. The summed E-state index contributed by atoms with van der Waals surface area (Å²) in [6, 6.07) is 9.67. The average molecular weight is 200 g/mol. The van der Waals surface area contributed by atoms with Gasteiger partial charge in [0.15, 0.2) is 0 Å². The Morgan fingerprint density at radius 1 is 1.20 bits per heavy atom. The van der Waals surface area contributed by atoms with Crippen LogP contribution in [0.25, 0.3) is 10.8 Å². The van der Waals surface area contributed by atoms with Crippen molar-refractivity contribution in [3.63, 3.8) is 0 Å². The summed E-state index contributed by atoms with van der Waals surface area (Å²) in [7, 11) is 0. The first kappa shape index (κ1) is 9.33. The SMILES string of the molecule is O=[C]c1cc([N+](=O)[O-])cc2ccccc12. The Balaban J connectivity index is 2.82. The smallest absolute Gasteiger partial charge is 0.270 e. The number of fused-ring (bicyclic) bond motifs is 1. The predicted octanol–water partition coefficient (Wildman–Crippen LogP) is 2.21. The zero-order valence-corrected chi connectivity index (χ0v) is 7.64. The van der Waals surface area contributed by atoms with Gasteiger partial charge in [-0.1, -0.05) is 24.3 Å². The minimum Gasteiger partial charge on any atom is -0.285 e. The molecule has 0 aromatic heterocycles. The van der Waals surface area contributed by atoms with E-state index in [1.807, 2.05) is 0 Å². The Morgan fingerprint density at radius 2 is 1.93 bits per heavy atom. The van der Waals surface area contributed by atoms with Gasteiger partial charge in [-0.2, -0.15) is 0 Å². The maximum atomic E-state index is 10.6. The fraction of sp³-hybridized carbons (Fsp3) is 0. The highest BCUT2D eigenvalue weighted by Crippen LogP contribution is 2.23. The number of carbonyl (C=O) groups excluding carboxylic acids is 1. The molecule has 0 aliphatic carbocycles. The Labute approximate surface area is 85.3 Å². The minimum atomic E-state index is -0.521. The van der Waals surface area contributed by atoms with E-state index in [4.69, 9.17) is 0 Å². The number of nitro groups is 1. The summed E-state index contributed by atoms with van der Waals surface area (Å²) in [6.45, 7) is 0. The molecule has 15 heavy (non-hydrogen) atoms. The number of nitro benzene ring substituents is 1. The first-order valence-electron chi connectivity index (χ1n) is 4.27. The van der Waals surface area contributed by atoms with Crippen LogP contribution in [0.3, 0.4) is 0 Å². The summed E-state index contributed by atoms with van der Waals surface area (Å²) in [4.78, 5) is 20.7. The zero-order chi connectivity index (χ0) is 10.8. The van der Waals surface area contributed by atoms with Crippen LogP contribution < -0.4 is 0 Å². The molecule has 2 rings (SSSR count). The van der Waals surface area contributed by atoms with Gasteiger partial charge >= 0.3 is 0 Å². The standard InChI is InChI=1S/C11H6NO3/c13-7-9-6-10(12(14)15)5-8-3-1-2-4-11(8)9/h1-6H. The molecular formula is C11H6NO3. The second-order valence-corrected chi connectivity index (χ2v) is 3.07. The van der Waals surface area contributed by atoms with Crippen LogP contribution in [-0.4, -0.2) is 11.2 Å². The van der Waals surface area contributed by atoms with Crippen molar-refractivity contribution in [2.24, 2.45) is 0 Å². The zero-order valence-electron chi connectivity index (χ0n) is 7.64. The van der Waals surface area contributed by atoms with Crippen molar-refractivity contribution < 1.29 is 9.72 Å². The quantitative estimate of drug-likeness (QED) is 0.551. The number of rotatable bonds is 2. The molecule has 0 bridgehead atoms. The molecule has 0 saturated carbocycles. The van der Waals surface area contributed by atoms with Crippen LogP contribution in [0.1, 0.15) is 5.56 Å². The molecule has 2 aromatic carbocycles. The van der Waals surface area contributed by atoms with Crippen molar-refractivity contribution >= 4 is 22.7 Å². The van der Waals surface area contributed by atoms with Crippen LogP contribution in [0, 0.1) is 10.1 Å². The van der Waals surface area contributed by atoms with Crippen LogP contribution in [-0.2, 0) is 4.79 Å². The van der Waals surface area contributed by atoms with Gasteiger partial charge in [0.1, 0.15) is 0 Å². The molecule has 0 aliphatic rings. The largest absolute Gasteiger partial charge is 0.285 e. The maximum absolute atomic E-state index is 10.6. The van der Waals surface area contributed by atoms with E-state index in [0.29, 0.717) is 10.8 Å². The van der Waals surface area contributed by atoms with Crippen LogP contribution in [0.4, 0.5) is 5.69 Å². The summed E-state index contributed by atoms with van der Waals surface area (Å²) in [5.41, 5.74) is 0.131. The minimum absolute atomic E-state index is 0.0907. The highest BCUT2D eigenvalue weighted by Gasteiger charge is 2.10. The summed E-state index contributed by atoms with van der Waals surface area (Å²) >= 11 is 0. The Kier molecular flexibility index (Phi) is 2.17. The first-order chi connectivity index (χ1) is 7.22. The molecule has 0 saturated heterocycles. The van der Waals surface area contributed by atoms with Crippen molar-refractivity contribution in [3.05, 3.63) is 52.1 Å². The van der Waals surface area contributed by atoms with Gasteiger partial charge in [-0.05, 0) is 10.8 Å². The Hall–Kier alpha value is -2.23. The lowest BCUT2D eigenvalue weighted by molar-refractivity contribution is -0.384. The van der Waals surface area contributed by atoms with E-state index in [1.54, 1.807) is 30.6 Å². The lowest BCUT2D eigenvalue weighted by atomic mass is 10.0. The molecule has 4 heteroatoms. The van der Waals surface area contributed by atoms with Crippen molar-refractivity contribution in [1.29, 1.82) is 0 Å². The molecule has 0 fully saturated rings. The van der Waals surface area contributed by atoms with Crippen LogP contribution in [0.5, 0.6) is 0 Å². The van der Waals surface area contributed by atoms with Gasteiger partial charge < -0.3 is 0 Å². The molecule has 1 radical (unpaired) electrons. The lowest BCUT2D eigenvalue weighted by Crippen LogP contribution is -1.91. The second kappa shape index (κ2) is 3.49. The van der Waals surface area contributed by atoms with Crippen LogP contribution >= 0.6 is 0 Å². The van der Waals surface area contributed by atoms with Gasteiger partial charge in [-0.25, -0.2) is 0 Å². The molecular weight excluding hydrogens is 194 g/mol. The molecule has 4 nitrogen and oxygen atoms in total. The third kappa shape index (κ3) is 1.57. The van der Waals surface area contributed by atoms with Crippen LogP contribution in [0.15, 0.2) is 36.4 Å². The van der Waals surface area contributed by atoms with E-state index >= 15 is 0 Å². The average Bonchev–Trinajstić information content (AvgIpc) is 2.27. The monoisotopic (exact) mass is 200 g/mol. The van der Waals surface area contributed by atoms with Gasteiger partial charge in [0.25, 0.3) is 5.69 Å². The number of benzene rings is 2. The molecule has 0 unspecified atom stereocenters. The van der Waals surface area contributed by atoms with E-state index < -0.39 is 4.92 Å². The Morgan fingerprint density at radius 3 is 2.60 bits per heavy atom. The van der Waals surface area contributed by atoms with Crippen molar-refractivity contribution in [2.45, 2.75) is 0 Å². The number of hydrogen-bond acceptors (Lipinski definition) is 3. The van der Waals surface area contributed by atoms with Crippen molar-refractivity contribution in [1.82, 2.24) is 0 Å². The second-order valence-electron chi connectivity index (χ2n) is 3.07. The van der Waals surface area contributed by atoms with Gasteiger partial charge in [-0.15, -0.1) is 0 Å². The summed E-state index contributed by atoms with van der Waals surface area (Å²) in [5.74, 6) is 0. The normalized spacial score (nSPS) is 10.1. The van der Waals surface area contributed by atoms with Gasteiger partial charge in [-0.3, -0.25) is 14.9 Å². The Bertz CT molecular complexity index is 549. The summed E-state index contributed by atoms with van der Waals surface area (Å²) in [5, 5.41) is 11.9. The maximum Gasteiger partial charge on any atom is 0.270 e. The van der Waals surface area contributed by atoms with Gasteiger partial charge in [0, 0.05) is 17.7 Å². The van der Waals surface area contributed by atoms with Crippen molar-refractivity contribution in [2.75, 3.05) is 0 Å². The molecule has 0 N–H and O–H groups in total. The topological polar surface area (TPSA) is 60.2 Å². The van der Waals surface area contributed by atoms with E-state index in [2.05, 4.69) is 0 Å². The molecule has 2 aromatic rings. The third-order valence-electron chi connectivity index (χ3n) is 2.17. The number of hydrogen-bond donors (Lipinski definition) is 0. The highest BCUT2D eigenvalue weighted by molar-refractivity contribution is 5.99. The summed E-state index contributed by atoms with van der Waals surface area (Å²) in [6.07, 6.45) is 1.71. The predicted molar refractivity (Wildman–Crippen MR) is 55.4 cm³/mol. The van der Waals surface area contributed by atoms with Gasteiger partial charge in [0.05, 0.1) is 4.92 Å². The van der Waals surface area contributed by atoms with Gasteiger partial charge in [0.2, 0.25) is 6.29 Å². The van der Waals surface area contributed by atoms with Crippen LogP contribution in [0.2, 0.25) is 0 Å². The van der Waals surface area contributed by atoms with E-state index in [0.717, 1.165) is 0 Å². The van der Waals surface area contributed by atoms with E-state index in [-0.39, 0.29) is 11.3 Å². The first-order valence-corrected chi connectivity index (χ1v) is 4.27. The highest BCUT2D eigenvalue weighted by atomic mass is 16.6.